The van der Waals surface area contributed by atoms with E-state index >= 15 is 0 Å². The number of hydrogen-bond donors (Lipinski definition) is 2. The van der Waals surface area contributed by atoms with E-state index in [-0.39, 0.29) is 12.2 Å². The predicted octanol–water partition coefficient (Wildman–Crippen LogP) is 3.64. The first-order valence-electron chi connectivity index (χ1n) is 8.20. The normalized spacial score (nSPS) is 11.8. The second-order valence-electron chi connectivity index (χ2n) is 5.98. The third-order valence-electron chi connectivity index (χ3n) is 3.88. The van der Waals surface area contributed by atoms with Crippen LogP contribution in [0.15, 0.2) is 54.6 Å². The summed E-state index contributed by atoms with van der Waals surface area (Å²) in [6, 6.07) is 13.5. The molecule has 0 bridgehead atoms. The number of halogens is 1. The highest BCUT2D eigenvalue weighted by Crippen LogP contribution is 2.23. The van der Waals surface area contributed by atoms with Crippen molar-refractivity contribution in [3.8, 4) is 11.4 Å². The Hall–Kier alpha value is -3.39. The Kier molecular flexibility index (Phi) is 5.37. The van der Waals surface area contributed by atoms with Crippen LogP contribution in [0.1, 0.15) is 17.4 Å². The molecule has 3 aromatic rings. The average Bonchev–Trinajstić information content (AvgIpc) is 2.65. The molecule has 138 valence electrons. The van der Waals surface area contributed by atoms with Crippen LogP contribution in [0.25, 0.3) is 11.4 Å². The highest BCUT2D eigenvalue weighted by atomic mass is 19.1. The third kappa shape index (κ3) is 4.62. The van der Waals surface area contributed by atoms with Crippen LogP contribution in [0.2, 0.25) is 0 Å². The second-order valence-corrected chi connectivity index (χ2v) is 5.98. The van der Waals surface area contributed by atoms with Crippen molar-refractivity contribution in [2.24, 2.45) is 0 Å². The number of non-ortho nitro benzene ring substituents is 1. The number of aliphatic hydroxyl groups excluding tert-OH is 1. The van der Waals surface area contributed by atoms with Crippen molar-refractivity contribution in [2.75, 3.05) is 11.9 Å². The standard InChI is InChI=1S/C19H17FN4O3/c1-12-8-18(21-11-17(25)13-4-2-6-15(20)9-13)23-19(22-12)14-5-3-7-16(10-14)24(26)27/h2-10,17,25H,11H2,1H3,(H,21,22,23). The molecule has 27 heavy (non-hydrogen) atoms. The molecule has 1 atom stereocenters. The van der Waals surface area contributed by atoms with Crippen LogP contribution in [-0.4, -0.2) is 26.5 Å². The van der Waals surface area contributed by atoms with Gasteiger partial charge in [0.2, 0.25) is 0 Å². The molecule has 0 saturated carbocycles. The third-order valence-corrected chi connectivity index (χ3v) is 3.88. The molecule has 1 aromatic heterocycles. The van der Waals surface area contributed by atoms with Crippen LogP contribution in [-0.2, 0) is 0 Å². The van der Waals surface area contributed by atoms with Gasteiger partial charge in [-0.15, -0.1) is 0 Å². The van der Waals surface area contributed by atoms with Gasteiger partial charge in [-0.25, -0.2) is 14.4 Å². The smallest absolute Gasteiger partial charge is 0.270 e. The van der Waals surface area contributed by atoms with Crippen LogP contribution < -0.4 is 5.32 Å². The summed E-state index contributed by atoms with van der Waals surface area (Å²) in [4.78, 5) is 19.1. The van der Waals surface area contributed by atoms with Gasteiger partial charge in [0.15, 0.2) is 5.82 Å². The minimum atomic E-state index is -0.919. The van der Waals surface area contributed by atoms with Crippen LogP contribution in [0, 0.1) is 22.9 Å². The SMILES string of the molecule is Cc1cc(NCC(O)c2cccc(F)c2)nc(-c2cccc([N+](=O)[O-])c2)n1. The van der Waals surface area contributed by atoms with Crippen molar-refractivity contribution in [1.29, 1.82) is 0 Å². The summed E-state index contributed by atoms with van der Waals surface area (Å²) < 4.78 is 13.3. The van der Waals surface area contributed by atoms with E-state index in [1.807, 2.05) is 0 Å². The average molecular weight is 368 g/mol. The summed E-state index contributed by atoms with van der Waals surface area (Å²) >= 11 is 0. The topological polar surface area (TPSA) is 101 Å². The van der Waals surface area contributed by atoms with Crippen molar-refractivity contribution in [3.05, 3.63) is 81.8 Å². The number of rotatable bonds is 6. The molecule has 2 N–H and O–H groups in total. The first kappa shape index (κ1) is 18.4. The summed E-state index contributed by atoms with van der Waals surface area (Å²) in [5, 5.41) is 24.2. The molecular weight excluding hydrogens is 351 g/mol. The van der Waals surface area contributed by atoms with Crippen molar-refractivity contribution in [1.82, 2.24) is 9.97 Å². The number of nitrogens with zero attached hydrogens (tertiary/aromatic N) is 3. The molecule has 3 rings (SSSR count). The Bertz CT molecular complexity index is 981. The van der Waals surface area contributed by atoms with Gasteiger partial charge in [-0.3, -0.25) is 10.1 Å². The van der Waals surface area contributed by atoms with Gasteiger partial charge in [-0.2, -0.15) is 0 Å². The lowest BCUT2D eigenvalue weighted by Crippen LogP contribution is -2.13. The highest BCUT2D eigenvalue weighted by molar-refractivity contribution is 5.61. The lowest BCUT2D eigenvalue weighted by Gasteiger charge is -2.14. The quantitative estimate of drug-likeness (QED) is 0.509. The van der Waals surface area contributed by atoms with E-state index in [9.17, 15) is 19.6 Å². The van der Waals surface area contributed by atoms with E-state index in [1.165, 1.54) is 30.3 Å². The maximum absolute atomic E-state index is 13.3. The number of nitro groups is 1. The minimum absolute atomic E-state index is 0.0476. The van der Waals surface area contributed by atoms with Gasteiger partial charge >= 0.3 is 0 Å². The first-order chi connectivity index (χ1) is 12.9. The minimum Gasteiger partial charge on any atom is -0.387 e. The zero-order chi connectivity index (χ0) is 19.4. The van der Waals surface area contributed by atoms with Crippen molar-refractivity contribution < 1.29 is 14.4 Å². The first-order valence-corrected chi connectivity index (χ1v) is 8.20. The summed E-state index contributed by atoms with van der Waals surface area (Å²) in [5.41, 5.74) is 1.58. The largest absolute Gasteiger partial charge is 0.387 e. The van der Waals surface area contributed by atoms with Gasteiger partial charge in [0.05, 0.1) is 11.0 Å². The fourth-order valence-corrected chi connectivity index (χ4v) is 2.58. The monoisotopic (exact) mass is 368 g/mol. The molecule has 7 nitrogen and oxygen atoms in total. The Morgan fingerprint density at radius 2 is 1.96 bits per heavy atom. The van der Waals surface area contributed by atoms with Gasteiger partial charge in [0.25, 0.3) is 5.69 Å². The van der Waals surface area contributed by atoms with Crippen molar-refractivity contribution >= 4 is 11.5 Å². The van der Waals surface area contributed by atoms with Gasteiger partial charge < -0.3 is 10.4 Å². The van der Waals surface area contributed by atoms with Crippen molar-refractivity contribution in [3.63, 3.8) is 0 Å². The second kappa shape index (κ2) is 7.88. The lowest BCUT2D eigenvalue weighted by atomic mass is 10.1. The number of aromatic nitrogens is 2. The number of nitro benzene ring substituents is 1. The Labute approximate surface area is 154 Å². The maximum atomic E-state index is 13.3. The summed E-state index contributed by atoms with van der Waals surface area (Å²) in [5.74, 6) is 0.373. The molecule has 1 heterocycles. The molecule has 0 spiro atoms. The van der Waals surface area contributed by atoms with Gasteiger partial charge in [-0.05, 0) is 24.6 Å². The van der Waals surface area contributed by atoms with E-state index < -0.39 is 16.8 Å². The number of benzene rings is 2. The Balaban J connectivity index is 1.79. The number of hydrogen-bond acceptors (Lipinski definition) is 6. The van der Waals surface area contributed by atoms with E-state index in [2.05, 4.69) is 15.3 Å². The van der Waals surface area contributed by atoms with Crippen LogP contribution in [0.3, 0.4) is 0 Å². The fraction of sp³-hybridized carbons (Fsp3) is 0.158. The molecule has 0 aliphatic heterocycles. The molecule has 2 aromatic carbocycles. The molecular formula is C19H17FN4O3. The predicted molar refractivity (Wildman–Crippen MR) is 98.7 cm³/mol. The van der Waals surface area contributed by atoms with E-state index in [0.29, 0.717) is 28.5 Å². The van der Waals surface area contributed by atoms with Gasteiger partial charge in [-0.1, -0.05) is 24.3 Å². The Morgan fingerprint density at radius 3 is 2.70 bits per heavy atom. The molecule has 0 fully saturated rings. The number of aryl methyl sites for hydroxylation is 1. The molecule has 0 aliphatic carbocycles. The van der Waals surface area contributed by atoms with Crippen molar-refractivity contribution in [2.45, 2.75) is 13.0 Å². The molecule has 0 saturated heterocycles. The summed E-state index contributed by atoms with van der Waals surface area (Å²) in [7, 11) is 0. The maximum Gasteiger partial charge on any atom is 0.270 e. The lowest BCUT2D eigenvalue weighted by molar-refractivity contribution is -0.384. The van der Waals surface area contributed by atoms with E-state index in [4.69, 9.17) is 0 Å². The zero-order valence-corrected chi connectivity index (χ0v) is 14.5. The highest BCUT2D eigenvalue weighted by Gasteiger charge is 2.12. The van der Waals surface area contributed by atoms with Gasteiger partial charge in [0.1, 0.15) is 11.6 Å². The molecule has 8 heteroatoms. The van der Waals surface area contributed by atoms with E-state index in [1.54, 1.807) is 31.2 Å². The number of nitrogens with one attached hydrogen (secondary N) is 1. The van der Waals surface area contributed by atoms with Crippen LogP contribution >= 0.6 is 0 Å². The summed E-state index contributed by atoms with van der Waals surface area (Å²) in [6.45, 7) is 1.89. The van der Waals surface area contributed by atoms with E-state index in [0.717, 1.165) is 0 Å². The van der Waals surface area contributed by atoms with Crippen LogP contribution in [0.4, 0.5) is 15.9 Å². The fourth-order valence-electron chi connectivity index (χ4n) is 2.58. The van der Waals surface area contributed by atoms with Crippen LogP contribution in [0.5, 0.6) is 0 Å². The summed E-state index contributed by atoms with van der Waals surface area (Å²) in [6.07, 6.45) is -0.919. The number of anilines is 1. The van der Waals surface area contributed by atoms with Gasteiger partial charge in [0, 0.05) is 36.0 Å². The Morgan fingerprint density at radius 1 is 1.19 bits per heavy atom. The zero-order valence-electron chi connectivity index (χ0n) is 14.5. The molecule has 0 amide bonds. The molecule has 1 unspecified atom stereocenters. The molecule has 0 radical (unpaired) electrons. The number of aliphatic hydroxyl groups is 1. The molecule has 0 aliphatic rings.